The zero-order valence-corrected chi connectivity index (χ0v) is 18.0. The molecule has 0 fully saturated rings. The monoisotopic (exact) mass is 414 g/mol. The summed E-state index contributed by atoms with van der Waals surface area (Å²) in [5, 5.41) is 5.20. The quantitative estimate of drug-likeness (QED) is 0.664. The van der Waals surface area contributed by atoms with Crippen molar-refractivity contribution in [3.05, 3.63) is 83.6 Å². The predicted molar refractivity (Wildman–Crippen MR) is 122 cm³/mol. The lowest BCUT2D eigenvalue weighted by atomic mass is 10.00. The molecule has 0 bridgehead atoms. The Hall–Kier alpha value is -3.51. The highest BCUT2D eigenvalue weighted by atomic mass is 16.2. The van der Waals surface area contributed by atoms with Crippen LogP contribution in [0.4, 0.5) is 5.82 Å². The van der Waals surface area contributed by atoms with Crippen LogP contribution in [0.2, 0.25) is 0 Å². The number of likely N-dealkylation sites (N-methyl/N-ethyl adjacent to an activating group) is 2. The molecule has 0 radical (unpaired) electrons. The Kier molecular flexibility index (Phi) is 5.82. The van der Waals surface area contributed by atoms with Crippen molar-refractivity contribution < 1.29 is 9.59 Å². The molecule has 0 spiro atoms. The van der Waals surface area contributed by atoms with E-state index in [-0.39, 0.29) is 11.8 Å². The van der Waals surface area contributed by atoms with Crippen LogP contribution in [0.15, 0.2) is 66.9 Å². The fraction of sp³-hybridized carbons (Fsp3) is 0.240. The Balaban J connectivity index is 1.48. The average molecular weight is 415 g/mol. The van der Waals surface area contributed by atoms with Crippen molar-refractivity contribution in [2.75, 3.05) is 19.4 Å². The molecule has 1 N–H and O–H groups in total. The minimum Gasteiger partial charge on any atom is -0.338 e. The van der Waals surface area contributed by atoms with Gasteiger partial charge >= 0.3 is 0 Å². The lowest BCUT2D eigenvalue weighted by molar-refractivity contribution is -0.125. The fourth-order valence-corrected chi connectivity index (χ4v) is 3.96. The highest BCUT2D eigenvalue weighted by Crippen LogP contribution is 2.24. The van der Waals surface area contributed by atoms with E-state index in [1.807, 2.05) is 36.2 Å². The van der Waals surface area contributed by atoms with Crippen LogP contribution in [0, 0.1) is 6.92 Å². The number of carbonyl (C=O) groups excluding carboxylic acids is 2. The number of hydrogen-bond acceptors (Lipinski definition) is 4. The molecule has 1 aliphatic rings. The summed E-state index contributed by atoms with van der Waals surface area (Å²) in [6, 6.07) is 15.6. The molecule has 0 saturated heterocycles. The highest BCUT2D eigenvalue weighted by Gasteiger charge is 2.26. The van der Waals surface area contributed by atoms with Gasteiger partial charge in [-0.25, -0.2) is 4.98 Å². The molecule has 4 rings (SSSR count). The third-order valence-electron chi connectivity index (χ3n) is 5.73. The van der Waals surface area contributed by atoms with Gasteiger partial charge in [0.2, 0.25) is 11.8 Å². The summed E-state index contributed by atoms with van der Waals surface area (Å²) in [5.41, 5.74) is 3.26. The van der Waals surface area contributed by atoms with Crippen molar-refractivity contribution in [2.45, 2.75) is 26.1 Å². The van der Waals surface area contributed by atoms with Crippen LogP contribution in [0.3, 0.4) is 0 Å². The van der Waals surface area contributed by atoms with E-state index in [0.29, 0.717) is 18.9 Å². The number of benzene rings is 2. The van der Waals surface area contributed by atoms with Gasteiger partial charge in [-0.05, 0) is 41.9 Å². The van der Waals surface area contributed by atoms with Gasteiger partial charge in [0.05, 0.1) is 0 Å². The fourth-order valence-electron chi connectivity index (χ4n) is 3.96. The highest BCUT2D eigenvalue weighted by molar-refractivity contribution is 5.98. The van der Waals surface area contributed by atoms with E-state index in [4.69, 9.17) is 0 Å². The number of anilines is 1. The topological polar surface area (TPSA) is 65.5 Å². The molecule has 2 aromatic carbocycles. The second-order valence-electron chi connectivity index (χ2n) is 8.00. The molecule has 2 heterocycles. The Labute approximate surface area is 182 Å². The van der Waals surface area contributed by atoms with Gasteiger partial charge in [-0.1, -0.05) is 48.5 Å². The maximum Gasteiger partial charge on any atom is 0.246 e. The molecule has 6 heteroatoms. The molecule has 1 aliphatic heterocycles. The summed E-state index contributed by atoms with van der Waals surface area (Å²) in [7, 11) is 3.64. The molecular formula is C25H26N4O2. The van der Waals surface area contributed by atoms with Gasteiger partial charge in [-0.3, -0.25) is 14.5 Å². The van der Waals surface area contributed by atoms with Crippen molar-refractivity contribution >= 4 is 28.4 Å². The Morgan fingerprint density at radius 1 is 1.19 bits per heavy atom. The minimum absolute atomic E-state index is 0.147. The smallest absolute Gasteiger partial charge is 0.246 e. The second-order valence-corrected chi connectivity index (χ2v) is 8.00. The molecule has 31 heavy (non-hydrogen) atoms. The van der Waals surface area contributed by atoms with Gasteiger partial charge in [-0.15, -0.1) is 0 Å². The van der Waals surface area contributed by atoms with E-state index in [0.717, 1.165) is 16.5 Å². The van der Waals surface area contributed by atoms with E-state index >= 15 is 0 Å². The average Bonchev–Trinajstić information content (AvgIpc) is 2.88. The molecule has 1 aromatic heterocycles. The maximum atomic E-state index is 12.8. The molecular weight excluding hydrogens is 388 g/mol. The standard InChI is InChI=1S/C25H26N4O2/c1-17-10-11-18(21-9-5-4-8-20(17)21)15-29(3)23(30)13-12-22-25(31)27-24-19(16-28(22)2)7-6-14-26-24/h4-14,22H,15-16H2,1-3H3,(H,26,27,31)/b13-12+. The number of rotatable bonds is 4. The van der Waals surface area contributed by atoms with E-state index in [1.165, 1.54) is 17.0 Å². The van der Waals surface area contributed by atoms with Crippen LogP contribution in [0.25, 0.3) is 10.8 Å². The zero-order chi connectivity index (χ0) is 22.0. The zero-order valence-electron chi connectivity index (χ0n) is 18.0. The van der Waals surface area contributed by atoms with E-state index in [9.17, 15) is 9.59 Å². The number of nitrogens with one attached hydrogen (secondary N) is 1. The van der Waals surface area contributed by atoms with Gasteiger partial charge < -0.3 is 10.2 Å². The van der Waals surface area contributed by atoms with Gasteiger partial charge in [0.15, 0.2) is 0 Å². The summed E-state index contributed by atoms with van der Waals surface area (Å²) < 4.78 is 0. The molecule has 2 amide bonds. The van der Waals surface area contributed by atoms with Crippen LogP contribution in [0.5, 0.6) is 0 Å². The van der Waals surface area contributed by atoms with Gasteiger partial charge in [0, 0.05) is 38.0 Å². The second kappa shape index (κ2) is 8.70. The van der Waals surface area contributed by atoms with Crippen molar-refractivity contribution in [3.8, 4) is 0 Å². The first-order chi connectivity index (χ1) is 14.9. The first-order valence-corrected chi connectivity index (χ1v) is 10.3. The van der Waals surface area contributed by atoms with Crippen molar-refractivity contribution in [2.24, 2.45) is 0 Å². The Morgan fingerprint density at radius 3 is 2.77 bits per heavy atom. The first-order valence-electron chi connectivity index (χ1n) is 10.3. The first kappa shape index (κ1) is 20.8. The number of nitrogens with zero attached hydrogens (tertiary/aromatic N) is 3. The lowest BCUT2D eigenvalue weighted by Crippen LogP contribution is -2.38. The van der Waals surface area contributed by atoms with E-state index in [1.54, 1.807) is 24.2 Å². The van der Waals surface area contributed by atoms with Crippen LogP contribution < -0.4 is 5.32 Å². The number of amides is 2. The number of carbonyl (C=O) groups is 2. The number of pyridine rings is 1. The van der Waals surface area contributed by atoms with Gasteiger partial charge in [-0.2, -0.15) is 0 Å². The van der Waals surface area contributed by atoms with Crippen molar-refractivity contribution in [1.82, 2.24) is 14.8 Å². The molecule has 0 aliphatic carbocycles. The largest absolute Gasteiger partial charge is 0.338 e. The predicted octanol–water partition coefficient (Wildman–Crippen LogP) is 3.51. The van der Waals surface area contributed by atoms with E-state index < -0.39 is 6.04 Å². The third kappa shape index (κ3) is 4.34. The van der Waals surface area contributed by atoms with E-state index in [2.05, 4.69) is 41.5 Å². The molecule has 3 aromatic rings. The molecule has 1 unspecified atom stereocenters. The van der Waals surface area contributed by atoms with Gasteiger partial charge in [0.25, 0.3) is 0 Å². The van der Waals surface area contributed by atoms with Gasteiger partial charge in [0.1, 0.15) is 11.9 Å². The number of aromatic nitrogens is 1. The molecule has 6 nitrogen and oxygen atoms in total. The summed E-state index contributed by atoms with van der Waals surface area (Å²) >= 11 is 0. The molecule has 158 valence electrons. The summed E-state index contributed by atoms with van der Waals surface area (Å²) in [6.07, 6.45) is 4.80. The SMILES string of the molecule is Cc1ccc(CN(C)C(=O)/C=C/C2C(=O)Nc3ncccc3CN2C)c2ccccc12. The summed E-state index contributed by atoms with van der Waals surface area (Å²) in [5.74, 6) is 0.229. The maximum absolute atomic E-state index is 12.8. The normalized spacial score (nSPS) is 16.7. The Bertz CT molecular complexity index is 1170. The third-order valence-corrected chi connectivity index (χ3v) is 5.73. The number of fused-ring (bicyclic) bond motifs is 2. The summed E-state index contributed by atoms with van der Waals surface area (Å²) in [4.78, 5) is 33.3. The Morgan fingerprint density at radius 2 is 1.97 bits per heavy atom. The van der Waals surface area contributed by atoms with Crippen LogP contribution in [0.1, 0.15) is 16.7 Å². The minimum atomic E-state index is -0.549. The molecule has 1 atom stereocenters. The number of aryl methyl sites for hydroxylation is 1. The van der Waals surface area contributed by atoms with Crippen molar-refractivity contribution in [3.63, 3.8) is 0 Å². The molecule has 0 saturated carbocycles. The summed E-state index contributed by atoms with van der Waals surface area (Å²) in [6.45, 7) is 3.15. The number of hydrogen-bond donors (Lipinski definition) is 1. The van der Waals surface area contributed by atoms with Crippen LogP contribution >= 0.6 is 0 Å². The van der Waals surface area contributed by atoms with Crippen molar-refractivity contribution in [1.29, 1.82) is 0 Å². The van der Waals surface area contributed by atoms with Crippen LogP contribution in [-0.4, -0.2) is 46.7 Å². The van der Waals surface area contributed by atoms with Crippen LogP contribution in [-0.2, 0) is 22.7 Å². The lowest BCUT2D eigenvalue weighted by Gasteiger charge is -2.21.